The van der Waals surface area contributed by atoms with E-state index in [-0.39, 0.29) is 11.3 Å². The number of thiol groups is 1. The number of primary amides is 1. The molecule has 1 unspecified atom stereocenters. The molecule has 5 N–H and O–H groups in total. The van der Waals surface area contributed by atoms with Gasteiger partial charge in [0.05, 0.1) is 11.5 Å². The number of Topliss-reactive ketones (excluding diaryl/α,β-unsaturated/α-hetero) is 1. The molecular weight excluding hydrogens is 382 g/mol. The molecular formula is C15H19N3O6S2. The van der Waals surface area contributed by atoms with E-state index in [1.807, 2.05) is 0 Å². The van der Waals surface area contributed by atoms with E-state index in [0.29, 0.717) is 5.70 Å². The van der Waals surface area contributed by atoms with Crippen molar-refractivity contribution in [3.8, 4) is 0 Å². The van der Waals surface area contributed by atoms with Crippen molar-refractivity contribution in [2.75, 3.05) is 7.05 Å². The van der Waals surface area contributed by atoms with Crippen molar-refractivity contribution in [1.29, 1.82) is 0 Å². The third-order valence-electron chi connectivity index (χ3n) is 3.34. The van der Waals surface area contributed by atoms with Crippen molar-refractivity contribution in [2.24, 2.45) is 11.7 Å². The summed E-state index contributed by atoms with van der Waals surface area (Å²) >= 11 is 3.92. The summed E-state index contributed by atoms with van der Waals surface area (Å²) in [5, 5.41) is 4.04. The number of ketones is 1. The second kappa shape index (κ2) is 8.83. The molecule has 0 radical (unpaired) electrons. The van der Waals surface area contributed by atoms with E-state index in [1.54, 1.807) is 18.2 Å². The zero-order chi connectivity index (χ0) is 20.1. The van der Waals surface area contributed by atoms with Gasteiger partial charge >= 0.3 is 10.1 Å². The van der Waals surface area contributed by atoms with E-state index in [2.05, 4.69) is 23.3 Å². The fourth-order valence-electron chi connectivity index (χ4n) is 2.10. The van der Waals surface area contributed by atoms with Crippen LogP contribution in [0.2, 0.25) is 0 Å². The maximum Gasteiger partial charge on any atom is 0.310 e. The molecule has 1 atom stereocenters. The minimum absolute atomic E-state index is 0.152. The number of hydrogen-bond donors (Lipinski definition) is 5. The summed E-state index contributed by atoms with van der Waals surface area (Å²) in [6.07, 6.45) is 5.75. The first-order valence-corrected chi connectivity index (χ1v) is 9.15. The average molecular weight is 401 g/mol. The van der Waals surface area contributed by atoms with Crippen LogP contribution in [0.4, 0.5) is 0 Å². The Morgan fingerprint density at radius 1 is 1.38 bits per heavy atom. The van der Waals surface area contributed by atoms with Crippen molar-refractivity contribution in [3.63, 3.8) is 0 Å². The highest BCUT2D eigenvalue weighted by molar-refractivity contribution is 7.92. The Hall–Kier alpha value is -2.37. The van der Waals surface area contributed by atoms with E-state index in [4.69, 9.17) is 10.3 Å². The van der Waals surface area contributed by atoms with Gasteiger partial charge in [0.2, 0.25) is 5.91 Å². The number of nitrogens with one attached hydrogen (secondary N) is 2. The Morgan fingerprint density at radius 2 is 2.00 bits per heavy atom. The second-order valence-corrected chi connectivity index (χ2v) is 7.14. The number of hydrogen-bond acceptors (Lipinski definition) is 7. The molecule has 0 heterocycles. The number of carbonyl (C=O) groups is 3. The highest BCUT2D eigenvalue weighted by atomic mass is 32.2. The zero-order valence-corrected chi connectivity index (χ0v) is 15.7. The van der Waals surface area contributed by atoms with Crippen molar-refractivity contribution >= 4 is 40.3 Å². The molecule has 26 heavy (non-hydrogen) atoms. The van der Waals surface area contributed by atoms with Crippen molar-refractivity contribution < 1.29 is 27.4 Å². The average Bonchev–Trinajstić information content (AvgIpc) is 2.51. The van der Waals surface area contributed by atoms with Gasteiger partial charge in [0.1, 0.15) is 0 Å². The van der Waals surface area contributed by atoms with Crippen LogP contribution in [0.3, 0.4) is 0 Å². The molecule has 0 fully saturated rings. The van der Waals surface area contributed by atoms with E-state index in [0.717, 1.165) is 13.0 Å². The molecule has 0 saturated carbocycles. The lowest BCUT2D eigenvalue weighted by Gasteiger charge is -2.17. The molecule has 0 aliphatic heterocycles. The maximum absolute atomic E-state index is 12.4. The van der Waals surface area contributed by atoms with E-state index in [1.165, 1.54) is 7.05 Å². The largest absolute Gasteiger partial charge is 0.376 e. The molecule has 1 aliphatic carbocycles. The number of allylic oxidation sites excluding steroid dienone is 4. The van der Waals surface area contributed by atoms with E-state index < -0.39 is 44.2 Å². The molecule has 0 saturated heterocycles. The first-order chi connectivity index (χ1) is 12.0. The first-order valence-electron chi connectivity index (χ1n) is 7.26. The van der Waals surface area contributed by atoms with Gasteiger partial charge in [0, 0.05) is 24.1 Å². The van der Waals surface area contributed by atoms with Gasteiger partial charge in [-0.2, -0.15) is 8.42 Å². The number of amides is 2. The minimum Gasteiger partial charge on any atom is -0.376 e. The predicted octanol–water partition coefficient (Wildman–Crippen LogP) is -0.231. The molecule has 0 aromatic carbocycles. The Kier molecular flexibility index (Phi) is 7.36. The van der Waals surface area contributed by atoms with Crippen LogP contribution in [0, 0.1) is 5.92 Å². The molecule has 1 aliphatic rings. The van der Waals surface area contributed by atoms with Crippen LogP contribution < -0.4 is 16.4 Å². The molecule has 1 rings (SSSR count). The fourth-order valence-corrected chi connectivity index (χ4v) is 3.27. The van der Waals surface area contributed by atoms with Gasteiger partial charge in [-0.25, -0.2) is 0 Å². The first kappa shape index (κ1) is 21.7. The van der Waals surface area contributed by atoms with Crippen LogP contribution in [0.5, 0.6) is 0 Å². The normalized spacial score (nSPS) is 18.5. The van der Waals surface area contributed by atoms with Crippen LogP contribution in [0.15, 0.2) is 45.5 Å². The Bertz CT molecular complexity index is 853. The molecule has 0 spiro atoms. The quantitative estimate of drug-likeness (QED) is 0.0985. The van der Waals surface area contributed by atoms with E-state index in [9.17, 15) is 22.8 Å². The Morgan fingerprint density at radius 3 is 2.46 bits per heavy atom. The highest BCUT2D eigenvalue weighted by Crippen LogP contribution is 2.19. The van der Waals surface area contributed by atoms with Crippen LogP contribution in [-0.4, -0.2) is 37.6 Å². The summed E-state index contributed by atoms with van der Waals surface area (Å²) < 4.78 is 31.6. The minimum atomic E-state index is -4.62. The summed E-state index contributed by atoms with van der Waals surface area (Å²) in [5.74, 6) is -2.62. The maximum atomic E-state index is 12.4. The predicted molar refractivity (Wildman–Crippen MR) is 98.1 cm³/mol. The van der Waals surface area contributed by atoms with Gasteiger partial charge in [-0.3, -0.25) is 18.9 Å². The van der Waals surface area contributed by atoms with Crippen molar-refractivity contribution in [1.82, 2.24) is 10.6 Å². The third kappa shape index (κ3) is 5.86. The summed E-state index contributed by atoms with van der Waals surface area (Å²) in [5.41, 5.74) is 5.20. The Labute approximate surface area is 156 Å². The van der Waals surface area contributed by atoms with Crippen LogP contribution in [-0.2, 0) is 24.5 Å². The van der Waals surface area contributed by atoms with Crippen molar-refractivity contribution in [2.45, 2.75) is 13.3 Å². The van der Waals surface area contributed by atoms with Gasteiger partial charge in [0.25, 0.3) is 5.91 Å². The molecule has 9 nitrogen and oxygen atoms in total. The smallest absolute Gasteiger partial charge is 0.310 e. The number of carbonyl (C=O) groups excluding carboxylic acids is 3. The summed E-state index contributed by atoms with van der Waals surface area (Å²) in [7, 11) is -3.40. The number of rotatable bonds is 7. The summed E-state index contributed by atoms with van der Waals surface area (Å²) in [6.45, 7) is 1.11. The van der Waals surface area contributed by atoms with Gasteiger partial charge in [-0.05, 0) is 19.1 Å². The topological polar surface area (TPSA) is 156 Å². The SMILES string of the molecule is CN/C(=C(S)/C=C(/C(C)=O)C(=O)NC1=CC=CC(C(N)=O)C1)S(=O)(=O)O. The Balaban J connectivity index is 3.15. The fraction of sp³-hybridized carbons (Fsp3) is 0.267. The van der Waals surface area contributed by atoms with E-state index >= 15 is 0 Å². The lowest BCUT2D eigenvalue weighted by molar-refractivity contribution is -0.122. The number of nitrogens with two attached hydrogens (primary N) is 1. The molecule has 11 heteroatoms. The van der Waals surface area contributed by atoms with Gasteiger partial charge in [-0.15, -0.1) is 12.6 Å². The molecule has 0 aromatic rings. The van der Waals surface area contributed by atoms with Gasteiger partial charge in [-0.1, -0.05) is 12.2 Å². The standard InChI is InChI=1S/C15H19N3O6S2/c1-8(19)11(7-12(25)15(17-2)26(22,23)24)14(21)18-10-5-3-4-9(6-10)13(16)20/h3-5,7,9,17,25H,6H2,1-2H3,(H2,16,20)(H,18,21)(H,22,23,24)/b11-7-,15-12+. The summed E-state index contributed by atoms with van der Waals surface area (Å²) in [4.78, 5) is 35.0. The monoisotopic (exact) mass is 401 g/mol. The molecule has 0 bridgehead atoms. The lowest BCUT2D eigenvalue weighted by Crippen LogP contribution is -2.31. The molecule has 142 valence electrons. The van der Waals surface area contributed by atoms with Gasteiger partial charge < -0.3 is 16.4 Å². The highest BCUT2D eigenvalue weighted by Gasteiger charge is 2.22. The van der Waals surface area contributed by atoms with Crippen LogP contribution >= 0.6 is 12.6 Å². The van der Waals surface area contributed by atoms with Crippen LogP contribution in [0.1, 0.15) is 13.3 Å². The lowest BCUT2D eigenvalue weighted by atomic mass is 9.97. The summed E-state index contributed by atoms with van der Waals surface area (Å²) in [6, 6.07) is 0. The molecule has 2 amide bonds. The zero-order valence-electron chi connectivity index (χ0n) is 14.0. The van der Waals surface area contributed by atoms with Gasteiger partial charge in [0.15, 0.2) is 10.8 Å². The second-order valence-electron chi connectivity index (χ2n) is 5.30. The molecule has 0 aromatic heterocycles. The van der Waals surface area contributed by atoms with Crippen molar-refractivity contribution in [3.05, 3.63) is 45.5 Å². The third-order valence-corrected chi connectivity index (χ3v) is 4.79. The van der Waals surface area contributed by atoms with Crippen LogP contribution in [0.25, 0.3) is 0 Å².